The SMILES string of the molecule is COC(=O)C(Nc1ccccc1OC)c1ccc(Br)cc1. The number of esters is 1. The molecule has 0 heterocycles. The highest BCUT2D eigenvalue weighted by molar-refractivity contribution is 9.10. The van der Waals surface area contributed by atoms with Crippen molar-refractivity contribution in [2.75, 3.05) is 19.5 Å². The number of ether oxygens (including phenoxy) is 2. The molecule has 4 nitrogen and oxygen atoms in total. The Bertz CT molecular complexity index is 613. The van der Waals surface area contributed by atoms with Gasteiger partial charge in [-0.05, 0) is 29.8 Å². The molecule has 110 valence electrons. The average Bonchev–Trinajstić information content (AvgIpc) is 2.53. The van der Waals surface area contributed by atoms with Gasteiger partial charge in [-0.25, -0.2) is 4.79 Å². The monoisotopic (exact) mass is 349 g/mol. The lowest BCUT2D eigenvalue weighted by atomic mass is 10.1. The van der Waals surface area contributed by atoms with Crippen LogP contribution in [0.4, 0.5) is 5.69 Å². The lowest BCUT2D eigenvalue weighted by Gasteiger charge is -2.19. The third-order valence-corrected chi connectivity index (χ3v) is 3.58. The van der Waals surface area contributed by atoms with E-state index < -0.39 is 6.04 Å². The van der Waals surface area contributed by atoms with Crippen LogP contribution in [0.25, 0.3) is 0 Å². The molecule has 1 unspecified atom stereocenters. The lowest BCUT2D eigenvalue weighted by molar-refractivity contribution is -0.141. The van der Waals surface area contributed by atoms with E-state index in [1.54, 1.807) is 7.11 Å². The molecule has 0 aliphatic carbocycles. The second-order valence-electron chi connectivity index (χ2n) is 4.35. The van der Waals surface area contributed by atoms with Crippen molar-refractivity contribution >= 4 is 27.6 Å². The van der Waals surface area contributed by atoms with Crippen LogP contribution >= 0.6 is 15.9 Å². The Balaban J connectivity index is 2.33. The van der Waals surface area contributed by atoms with Crippen LogP contribution in [-0.4, -0.2) is 20.2 Å². The Morgan fingerprint density at radius 1 is 1.10 bits per heavy atom. The number of hydrogen-bond donors (Lipinski definition) is 1. The number of halogens is 1. The van der Waals surface area contributed by atoms with Gasteiger partial charge in [0, 0.05) is 4.47 Å². The third-order valence-electron chi connectivity index (χ3n) is 3.05. The highest BCUT2D eigenvalue weighted by atomic mass is 79.9. The van der Waals surface area contributed by atoms with Crippen molar-refractivity contribution in [1.29, 1.82) is 0 Å². The quantitative estimate of drug-likeness (QED) is 0.834. The molecule has 2 aromatic carbocycles. The maximum Gasteiger partial charge on any atom is 0.332 e. The van der Waals surface area contributed by atoms with E-state index in [1.165, 1.54) is 7.11 Å². The van der Waals surface area contributed by atoms with Gasteiger partial charge >= 0.3 is 5.97 Å². The molecule has 0 spiro atoms. The molecular formula is C16H16BrNO3. The number of rotatable bonds is 5. The Hall–Kier alpha value is -2.01. The molecule has 0 aliphatic heterocycles. The Morgan fingerprint density at radius 3 is 2.38 bits per heavy atom. The van der Waals surface area contributed by atoms with Crippen molar-refractivity contribution in [2.24, 2.45) is 0 Å². The first-order valence-electron chi connectivity index (χ1n) is 6.38. The Labute approximate surface area is 132 Å². The molecule has 2 rings (SSSR count). The van der Waals surface area contributed by atoms with Gasteiger partial charge in [0.05, 0.1) is 19.9 Å². The molecule has 0 amide bonds. The highest BCUT2D eigenvalue weighted by Crippen LogP contribution is 2.29. The van der Waals surface area contributed by atoms with Crippen molar-refractivity contribution in [3.8, 4) is 5.75 Å². The fraction of sp³-hybridized carbons (Fsp3) is 0.188. The van der Waals surface area contributed by atoms with E-state index in [-0.39, 0.29) is 5.97 Å². The summed E-state index contributed by atoms with van der Waals surface area (Å²) in [6, 6.07) is 14.3. The summed E-state index contributed by atoms with van der Waals surface area (Å²) in [5.74, 6) is 0.312. The van der Waals surface area contributed by atoms with Gasteiger partial charge in [0.2, 0.25) is 0 Å². The van der Waals surface area contributed by atoms with Crippen molar-refractivity contribution in [3.63, 3.8) is 0 Å². The van der Waals surface area contributed by atoms with Crippen molar-refractivity contribution in [2.45, 2.75) is 6.04 Å². The summed E-state index contributed by atoms with van der Waals surface area (Å²) in [7, 11) is 2.96. The van der Waals surface area contributed by atoms with Crippen LogP contribution in [0.3, 0.4) is 0 Å². The number of para-hydroxylation sites is 2. The topological polar surface area (TPSA) is 47.6 Å². The minimum Gasteiger partial charge on any atom is -0.495 e. The molecule has 0 saturated carbocycles. The van der Waals surface area contributed by atoms with Crippen LogP contribution in [0.1, 0.15) is 11.6 Å². The van der Waals surface area contributed by atoms with E-state index in [4.69, 9.17) is 9.47 Å². The van der Waals surface area contributed by atoms with Gasteiger partial charge in [0.1, 0.15) is 5.75 Å². The average molecular weight is 350 g/mol. The summed E-state index contributed by atoms with van der Waals surface area (Å²) in [6.45, 7) is 0. The molecule has 0 aromatic heterocycles. The number of anilines is 1. The molecule has 0 bridgehead atoms. The zero-order valence-electron chi connectivity index (χ0n) is 11.8. The molecule has 0 radical (unpaired) electrons. The molecule has 21 heavy (non-hydrogen) atoms. The normalized spacial score (nSPS) is 11.6. The number of hydrogen-bond acceptors (Lipinski definition) is 4. The first kappa shape index (κ1) is 15.4. The van der Waals surface area contributed by atoms with Crippen molar-refractivity contribution < 1.29 is 14.3 Å². The molecule has 1 N–H and O–H groups in total. The Kier molecular flexibility index (Phi) is 5.22. The molecule has 0 fully saturated rings. The van der Waals surface area contributed by atoms with E-state index in [2.05, 4.69) is 21.2 Å². The maximum atomic E-state index is 12.1. The van der Waals surface area contributed by atoms with Crippen LogP contribution in [0, 0.1) is 0 Å². The molecule has 5 heteroatoms. The first-order valence-corrected chi connectivity index (χ1v) is 7.18. The van der Waals surface area contributed by atoms with Gasteiger partial charge in [0.15, 0.2) is 6.04 Å². The lowest BCUT2D eigenvalue weighted by Crippen LogP contribution is -2.22. The van der Waals surface area contributed by atoms with Crippen molar-refractivity contribution in [1.82, 2.24) is 0 Å². The first-order chi connectivity index (χ1) is 10.2. The van der Waals surface area contributed by atoms with Crippen LogP contribution in [-0.2, 0) is 9.53 Å². The van der Waals surface area contributed by atoms with E-state index in [0.29, 0.717) is 5.75 Å². The van der Waals surface area contributed by atoms with Gasteiger partial charge < -0.3 is 14.8 Å². The third kappa shape index (κ3) is 3.76. The summed E-state index contributed by atoms with van der Waals surface area (Å²) in [5, 5.41) is 3.17. The van der Waals surface area contributed by atoms with Crippen LogP contribution < -0.4 is 10.1 Å². The van der Waals surface area contributed by atoms with Gasteiger partial charge in [-0.15, -0.1) is 0 Å². The van der Waals surface area contributed by atoms with Gasteiger partial charge in [-0.3, -0.25) is 0 Å². The summed E-state index contributed by atoms with van der Waals surface area (Å²) < 4.78 is 11.1. The number of benzene rings is 2. The predicted octanol–water partition coefficient (Wildman–Crippen LogP) is 3.78. The summed E-state index contributed by atoms with van der Waals surface area (Å²) in [6.07, 6.45) is 0. The fourth-order valence-corrected chi connectivity index (χ4v) is 2.24. The summed E-state index contributed by atoms with van der Waals surface area (Å²) >= 11 is 3.38. The second-order valence-corrected chi connectivity index (χ2v) is 5.27. The van der Waals surface area contributed by atoms with Gasteiger partial charge in [-0.2, -0.15) is 0 Å². The highest BCUT2D eigenvalue weighted by Gasteiger charge is 2.22. The zero-order chi connectivity index (χ0) is 15.2. The number of carbonyl (C=O) groups excluding carboxylic acids is 1. The number of nitrogens with one attached hydrogen (secondary N) is 1. The molecule has 2 aromatic rings. The minimum atomic E-state index is -0.598. The van der Waals surface area contributed by atoms with Crippen LogP contribution in [0.15, 0.2) is 53.0 Å². The standard InChI is InChI=1S/C16H16BrNO3/c1-20-14-6-4-3-5-13(14)18-15(16(19)21-2)11-7-9-12(17)10-8-11/h3-10,15,18H,1-2H3. The van der Waals surface area contributed by atoms with Crippen LogP contribution in [0.5, 0.6) is 5.75 Å². The van der Waals surface area contributed by atoms with E-state index in [0.717, 1.165) is 15.7 Å². The van der Waals surface area contributed by atoms with E-state index in [9.17, 15) is 4.79 Å². The van der Waals surface area contributed by atoms with Crippen LogP contribution in [0.2, 0.25) is 0 Å². The summed E-state index contributed by atoms with van der Waals surface area (Å²) in [4.78, 5) is 12.1. The minimum absolute atomic E-state index is 0.358. The predicted molar refractivity (Wildman–Crippen MR) is 85.5 cm³/mol. The van der Waals surface area contributed by atoms with E-state index >= 15 is 0 Å². The Morgan fingerprint density at radius 2 is 1.76 bits per heavy atom. The molecule has 1 atom stereocenters. The summed E-state index contributed by atoms with van der Waals surface area (Å²) in [5.41, 5.74) is 1.55. The maximum absolute atomic E-state index is 12.1. The second kappa shape index (κ2) is 7.13. The van der Waals surface area contributed by atoms with E-state index in [1.807, 2.05) is 48.5 Å². The number of carbonyl (C=O) groups is 1. The zero-order valence-corrected chi connectivity index (χ0v) is 13.4. The molecular weight excluding hydrogens is 334 g/mol. The fourth-order valence-electron chi connectivity index (χ4n) is 1.97. The number of methoxy groups -OCH3 is 2. The largest absolute Gasteiger partial charge is 0.495 e. The smallest absolute Gasteiger partial charge is 0.332 e. The molecule has 0 saturated heterocycles. The molecule has 0 aliphatic rings. The van der Waals surface area contributed by atoms with Crippen molar-refractivity contribution in [3.05, 3.63) is 58.6 Å². The van der Waals surface area contributed by atoms with Gasteiger partial charge in [0.25, 0.3) is 0 Å². The van der Waals surface area contributed by atoms with Gasteiger partial charge in [-0.1, -0.05) is 40.2 Å².